The van der Waals surface area contributed by atoms with E-state index in [0.29, 0.717) is 0 Å². The van der Waals surface area contributed by atoms with Crippen molar-refractivity contribution in [2.75, 3.05) is 0 Å². The van der Waals surface area contributed by atoms with Crippen LogP contribution >= 0.6 is 0 Å². The van der Waals surface area contributed by atoms with E-state index in [9.17, 15) is 18.0 Å². The summed E-state index contributed by atoms with van der Waals surface area (Å²) >= 11 is 0. The standard InChI is InChI=1S/C18H19F3N2O/c1-17(9-10-17)15-14(11-7-8-11)16(24)23(22(15)2)13-6-4-3-5-12(13)18(19,20)21/h3-6,11H,7-10H2,1-2H3. The fourth-order valence-electron chi connectivity index (χ4n) is 3.68. The van der Waals surface area contributed by atoms with Gasteiger partial charge in [-0.15, -0.1) is 0 Å². The lowest BCUT2D eigenvalue weighted by Gasteiger charge is -2.17. The SMILES string of the molecule is Cn1c(C2(C)CC2)c(C2CC2)c(=O)n1-c1ccccc1C(F)(F)F. The number of hydrogen-bond donors (Lipinski definition) is 0. The third-order valence-corrected chi connectivity index (χ3v) is 5.30. The maximum Gasteiger partial charge on any atom is 0.418 e. The maximum atomic E-state index is 13.4. The van der Waals surface area contributed by atoms with Crippen molar-refractivity contribution < 1.29 is 13.2 Å². The molecule has 2 aliphatic rings. The Balaban J connectivity index is 2.00. The van der Waals surface area contributed by atoms with Crippen molar-refractivity contribution in [3.63, 3.8) is 0 Å². The van der Waals surface area contributed by atoms with E-state index in [2.05, 4.69) is 6.92 Å². The van der Waals surface area contributed by atoms with Gasteiger partial charge in [-0.05, 0) is 43.7 Å². The summed E-state index contributed by atoms with van der Waals surface area (Å²) < 4.78 is 43.1. The maximum absolute atomic E-state index is 13.4. The Morgan fingerprint density at radius 1 is 1.17 bits per heavy atom. The molecular formula is C18H19F3N2O. The molecule has 3 nitrogen and oxygen atoms in total. The van der Waals surface area contributed by atoms with Gasteiger partial charge in [-0.3, -0.25) is 9.48 Å². The Morgan fingerprint density at radius 3 is 2.33 bits per heavy atom. The van der Waals surface area contributed by atoms with Gasteiger partial charge in [0.05, 0.1) is 11.3 Å². The number of benzene rings is 1. The van der Waals surface area contributed by atoms with E-state index in [4.69, 9.17) is 0 Å². The van der Waals surface area contributed by atoms with Gasteiger partial charge in [0.2, 0.25) is 0 Å². The molecule has 128 valence electrons. The van der Waals surface area contributed by atoms with E-state index < -0.39 is 11.7 Å². The zero-order chi connectivity index (χ0) is 17.3. The molecule has 0 radical (unpaired) electrons. The van der Waals surface area contributed by atoms with Crippen LogP contribution in [0.1, 0.15) is 55.3 Å². The van der Waals surface area contributed by atoms with Crippen LogP contribution in [0.5, 0.6) is 0 Å². The van der Waals surface area contributed by atoms with E-state index in [-0.39, 0.29) is 22.6 Å². The molecule has 0 atom stereocenters. The molecule has 1 aromatic carbocycles. The number of halogens is 3. The minimum Gasteiger partial charge on any atom is -0.284 e. The molecule has 2 fully saturated rings. The highest BCUT2D eigenvalue weighted by Gasteiger charge is 2.48. The highest BCUT2D eigenvalue weighted by Crippen LogP contribution is 2.52. The third kappa shape index (κ3) is 2.23. The average molecular weight is 336 g/mol. The summed E-state index contributed by atoms with van der Waals surface area (Å²) in [4.78, 5) is 13.0. The van der Waals surface area contributed by atoms with Gasteiger partial charge in [0.15, 0.2) is 0 Å². The minimum absolute atomic E-state index is 0.0791. The molecule has 0 N–H and O–H groups in total. The van der Waals surface area contributed by atoms with Crippen LogP contribution in [0.4, 0.5) is 13.2 Å². The molecule has 0 spiro atoms. The van der Waals surface area contributed by atoms with E-state index >= 15 is 0 Å². The third-order valence-electron chi connectivity index (χ3n) is 5.30. The first-order valence-electron chi connectivity index (χ1n) is 8.23. The topological polar surface area (TPSA) is 26.9 Å². The van der Waals surface area contributed by atoms with Crippen molar-refractivity contribution in [3.05, 3.63) is 51.4 Å². The first-order chi connectivity index (χ1) is 11.2. The summed E-state index contributed by atoms with van der Waals surface area (Å²) in [5.74, 6) is 0.204. The normalized spacial score (nSPS) is 19.5. The Labute approximate surface area is 137 Å². The number of alkyl halides is 3. The van der Waals surface area contributed by atoms with Crippen LogP contribution in [-0.4, -0.2) is 9.36 Å². The van der Waals surface area contributed by atoms with Crippen molar-refractivity contribution in [1.82, 2.24) is 9.36 Å². The van der Waals surface area contributed by atoms with E-state index in [0.717, 1.165) is 43.0 Å². The second kappa shape index (κ2) is 4.77. The smallest absolute Gasteiger partial charge is 0.284 e. The summed E-state index contributed by atoms with van der Waals surface area (Å²) in [6.45, 7) is 2.09. The predicted molar refractivity (Wildman–Crippen MR) is 84.6 cm³/mol. The lowest BCUT2D eigenvalue weighted by molar-refractivity contribution is -0.137. The van der Waals surface area contributed by atoms with E-state index in [1.807, 2.05) is 0 Å². The molecule has 2 aliphatic carbocycles. The van der Waals surface area contributed by atoms with Gasteiger partial charge in [-0.1, -0.05) is 19.1 Å². The number of rotatable bonds is 3. The minimum atomic E-state index is -4.50. The van der Waals surface area contributed by atoms with Gasteiger partial charge in [-0.2, -0.15) is 13.2 Å². The Bertz CT molecular complexity index is 867. The van der Waals surface area contributed by atoms with Crippen LogP contribution in [0.15, 0.2) is 29.1 Å². The van der Waals surface area contributed by atoms with Crippen LogP contribution in [-0.2, 0) is 18.6 Å². The summed E-state index contributed by atoms with van der Waals surface area (Å²) in [5.41, 5.74) is 0.420. The fourth-order valence-corrected chi connectivity index (χ4v) is 3.68. The highest BCUT2D eigenvalue weighted by molar-refractivity contribution is 5.46. The van der Waals surface area contributed by atoms with Gasteiger partial charge < -0.3 is 0 Å². The molecule has 0 amide bonds. The molecule has 0 bridgehead atoms. The molecule has 1 heterocycles. The van der Waals surface area contributed by atoms with Crippen molar-refractivity contribution >= 4 is 0 Å². The summed E-state index contributed by atoms with van der Waals surface area (Å²) in [5, 5.41) is 0. The molecular weight excluding hydrogens is 317 g/mol. The highest BCUT2D eigenvalue weighted by atomic mass is 19.4. The zero-order valence-corrected chi connectivity index (χ0v) is 13.7. The van der Waals surface area contributed by atoms with Gasteiger partial charge in [0.25, 0.3) is 5.56 Å². The first kappa shape index (κ1) is 15.5. The molecule has 0 unspecified atom stereocenters. The predicted octanol–water partition coefficient (Wildman–Crippen LogP) is 4.12. The Hall–Kier alpha value is -1.98. The molecule has 0 aliphatic heterocycles. The van der Waals surface area contributed by atoms with Gasteiger partial charge >= 0.3 is 6.18 Å². The van der Waals surface area contributed by atoms with Crippen molar-refractivity contribution in [2.45, 2.75) is 50.1 Å². The van der Waals surface area contributed by atoms with Crippen LogP contribution in [0.3, 0.4) is 0 Å². The van der Waals surface area contributed by atoms with Crippen molar-refractivity contribution in [3.8, 4) is 5.69 Å². The van der Waals surface area contributed by atoms with Gasteiger partial charge in [-0.25, -0.2) is 4.68 Å². The number of para-hydroxylation sites is 1. The number of nitrogens with zero attached hydrogens (tertiary/aromatic N) is 2. The van der Waals surface area contributed by atoms with Crippen LogP contribution in [0.2, 0.25) is 0 Å². The largest absolute Gasteiger partial charge is 0.418 e. The van der Waals surface area contributed by atoms with Crippen molar-refractivity contribution in [1.29, 1.82) is 0 Å². The van der Waals surface area contributed by atoms with Gasteiger partial charge in [0.1, 0.15) is 0 Å². The summed E-state index contributed by atoms with van der Waals surface area (Å²) in [6.07, 6.45) is -0.647. The second-order valence-electron chi connectivity index (χ2n) is 7.25. The Kier molecular flexibility index (Phi) is 3.09. The Morgan fingerprint density at radius 2 is 1.79 bits per heavy atom. The molecule has 1 aromatic heterocycles. The first-order valence-corrected chi connectivity index (χ1v) is 8.23. The fraction of sp³-hybridized carbons (Fsp3) is 0.500. The average Bonchev–Trinajstić information content (AvgIpc) is 3.41. The van der Waals surface area contributed by atoms with E-state index in [1.165, 1.54) is 16.8 Å². The molecule has 6 heteroatoms. The molecule has 24 heavy (non-hydrogen) atoms. The lowest BCUT2D eigenvalue weighted by atomic mass is 9.98. The van der Waals surface area contributed by atoms with E-state index in [1.54, 1.807) is 17.8 Å². The quantitative estimate of drug-likeness (QED) is 0.828. The zero-order valence-electron chi connectivity index (χ0n) is 13.7. The number of hydrogen-bond acceptors (Lipinski definition) is 1. The lowest BCUT2D eigenvalue weighted by Crippen LogP contribution is -2.24. The van der Waals surface area contributed by atoms with Crippen LogP contribution in [0, 0.1) is 0 Å². The van der Waals surface area contributed by atoms with Crippen LogP contribution in [0.25, 0.3) is 5.69 Å². The van der Waals surface area contributed by atoms with Crippen LogP contribution < -0.4 is 5.56 Å². The summed E-state index contributed by atoms with van der Waals surface area (Å²) in [6, 6.07) is 5.30. The van der Waals surface area contributed by atoms with Gasteiger partial charge in [0, 0.05) is 23.7 Å². The molecule has 4 rings (SSSR count). The van der Waals surface area contributed by atoms with Crippen molar-refractivity contribution in [2.24, 2.45) is 7.05 Å². The molecule has 2 aromatic rings. The second-order valence-corrected chi connectivity index (χ2v) is 7.25. The number of aromatic nitrogens is 2. The molecule has 2 saturated carbocycles. The monoisotopic (exact) mass is 336 g/mol. The molecule has 0 saturated heterocycles. The summed E-state index contributed by atoms with van der Waals surface area (Å²) in [7, 11) is 1.71.